The van der Waals surface area contributed by atoms with Crippen molar-refractivity contribution in [1.82, 2.24) is 10.1 Å². The fourth-order valence-electron chi connectivity index (χ4n) is 1.53. The van der Waals surface area contributed by atoms with Crippen LogP contribution in [0, 0.1) is 0 Å². The van der Waals surface area contributed by atoms with E-state index >= 15 is 0 Å². The van der Waals surface area contributed by atoms with E-state index in [4.69, 9.17) is 4.74 Å². The Hall–Kier alpha value is -2.78. The lowest BCUT2D eigenvalue weighted by Crippen LogP contribution is -2.17. The summed E-state index contributed by atoms with van der Waals surface area (Å²) >= 11 is 0. The Morgan fingerprint density at radius 2 is 1.91 bits per heavy atom. The Kier molecular flexibility index (Phi) is 4.72. The average Bonchev–Trinajstić information content (AvgIpc) is 2.84. The molecule has 2 aromatic rings. The molecule has 1 aromatic carbocycles. The van der Waals surface area contributed by atoms with Gasteiger partial charge in [0.2, 0.25) is 5.82 Å². The van der Waals surface area contributed by atoms with Crippen LogP contribution in [0.25, 0.3) is 11.4 Å². The van der Waals surface area contributed by atoms with Gasteiger partial charge in [-0.15, -0.1) is 13.2 Å². The van der Waals surface area contributed by atoms with E-state index in [0.29, 0.717) is 11.3 Å². The first-order chi connectivity index (χ1) is 10.7. The summed E-state index contributed by atoms with van der Waals surface area (Å²) in [5.41, 5.74) is 0.822. The van der Waals surface area contributed by atoms with Gasteiger partial charge in [0.25, 0.3) is 0 Å². The third kappa shape index (κ3) is 5.16. The topological polar surface area (TPSA) is 86.5 Å². The van der Waals surface area contributed by atoms with Crippen LogP contribution in [0.5, 0.6) is 6.08 Å². The maximum Gasteiger partial charge on any atom is 0.576 e. The molecule has 1 amide bonds. The van der Waals surface area contributed by atoms with E-state index < -0.39 is 18.5 Å². The zero-order valence-electron chi connectivity index (χ0n) is 12.0. The predicted molar refractivity (Wildman–Crippen MR) is 71.7 cm³/mol. The minimum Gasteiger partial charge on any atom is -0.447 e. The van der Waals surface area contributed by atoms with Gasteiger partial charge < -0.3 is 9.47 Å². The van der Waals surface area contributed by atoms with E-state index in [1.165, 1.54) is 24.3 Å². The Morgan fingerprint density at radius 3 is 2.48 bits per heavy atom. The van der Waals surface area contributed by atoms with Crippen molar-refractivity contribution in [1.29, 1.82) is 0 Å². The molecule has 0 aliphatic heterocycles. The first-order valence-corrected chi connectivity index (χ1v) is 6.40. The SMILES string of the molecule is CC(C)OC(=O)Nc1ccc(-c2noc(OC(F)(F)F)n2)cc1. The highest BCUT2D eigenvalue weighted by Crippen LogP contribution is 2.24. The van der Waals surface area contributed by atoms with Crippen LogP contribution in [-0.4, -0.2) is 28.7 Å². The first kappa shape index (κ1) is 16.6. The number of nitrogens with one attached hydrogen (secondary N) is 1. The number of alkyl halides is 3. The molecule has 7 nitrogen and oxygen atoms in total. The number of amides is 1. The summed E-state index contributed by atoms with van der Waals surface area (Å²) in [5, 5.41) is 5.87. The number of rotatable bonds is 4. The lowest BCUT2D eigenvalue weighted by molar-refractivity contribution is -0.283. The highest BCUT2D eigenvalue weighted by molar-refractivity contribution is 5.85. The highest BCUT2D eigenvalue weighted by Gasteiger charge is 2.34. The second kappa shape index (κ2) is 6.55. The number of hydrogen-bond donors (Lipinski definition) is 1. The molecule has 0 radical (unpaired) electrons. The predicted octanol–water partition coefficient (Wildman–Crippen LogP) is 3.59. The van der Waals surface area contributed by atoms with E-state index in [1.54, 1.807) is 13.8 Å². The highest BCUT2D eigenvalue weighted by atomic mass is 19.4. The molecule has 0 bridgehead atoms. The van der Waals surface area contributed by atoms with E-state index in [-0.39, 0.29) is 11.9 Å². The quantitative estimate of drug-likeness (QED) is 0.921. The summed E-state index contributed by atoms with van der Waals surface area (Å²) in [4.78, 5) is 14.9. The molecule has 124 valence electrons. The maximum atomic E-state index is 12.0. The summed E-state index contributed by atoms with van der Waals surface area (Å²) < 4.78 is 48.8. The first-order valence-electron chi connectivity index (χ1n) is 6.40. The number of hydrogen-bond acceptors (Lipinski definition) is 6. The number of ether oxygens (including phenoxy) is 2. The summed E-state index contributed by atoms with van der Waals surface area (Å²) in [6.45, 7) is 3.42. The molecule has 0 aliphatic rings. The van der Waals surface area contributed by atoms with Crippen molar-refractivity contribution in [2.75, 3.05) is 5.32 Å². The van der Waals surface area contributed by atoms with Crippen LogP contribution in [0.1, 0.15) is 13.8 Å². The molecule has 23 heavy (non-hydrogen) atoms. The molecule has 1 aromatic heterocycles. The maximum absolute atomic E-state index is 12.0. The van der Waals surface area contributed by atoms with Crippen LogP contribution >= 0.6 is 0 Å². The van der Waals surface area contributed by atoms with Gasteiger partial charge in [-0.05, 0) is 38.1 Å². The molecular weight excluding hydrogens is 319 g/mol. The van der Waals surface area contributed by atoms with Crippen LogP contribution in [0.4, 0.5) is 23.7 Å². The van der Waals surface area contributed by atoms with Gasteiger partial charge in [-0.1, -0.05) is 5.16 Å². The van der Waals surface area contributed by atoms with Gasteiger partial charge in [0.15, 0.2) is 0 Å². The van der Waals surface area contributed by atoms with Gasteiger partial charge in [0.1, 0.15) is 0 Å². The van der Waals surface area contributed by atoms with Crippen molar-refractivity contribution >= 4 is 11.8 Å². The molecule has 0 fully saturated rings. The number of halogens is 3. The average molecular weight is 331 g/mol. The number of aromatic nitrogens is 2. The molecule has 0 aliphatic carbocycles. The van der Waals surface area contributed by atoms with Gasteiger partial charge in [-0.25, -0.2) is 4.79 Å². The largest absolute Gasteiger partial charge is 0.576 e. The van der Waals surface area contributed by atoms with Crippen molar-refractivity contribution < 1.29 is 32.0 Å². The minimum absolute atomic E-state index is 0.0828. The van der Waals surface area contributed by atoms with Crippen molar-refractivity contribution in [2.24, 2.45) is 0 Å². The summed E-state index contributed by atoms with van der Waals surface area (Å²) in [6.07, 6.45) is -6.79. The Labute approximate surface area is 128 Å². The molecule has 0 unspecified atom stereocenters. The third-order valence-corrected chi connectivity index (χ3v) is 2.34. The Bertz CT molecular complexity index is 668. The second-order valence-electron chi connectivity index (χ2n) is 4.59. The molecule has 0 atom stereocenters. The van der Waals surface area contributed by atoms with E-state index in [0.717, 1.165) is 0 Å². The van der Waals surface area contributed by atoms with Gasteiger partial charge in [-0.3, -0.25) is 9.84 Å². The molecule has 10 heteroatoms. The van der Waals surface area contributed by atoms with Crippen LogP contribution < -0.4 is 10.1 Å². The fourth-order valence-corrected chi connectivity index (χ4v) is 1.53. The summed E-state index contributed by atoms with van der Waals surface area (Å²) in [5.74, 6) is -0.0828. The lowest BCUT2D eigenvalue weighted by atomic mass is 10.2. The molecule has 1 N–H and O–H groups in total. The van der Waals surface area contributed by atoms with Crippen molar-refractivity contribution in [3.63, 3.8) is 0 Å². The van der Waals surface area contributed by atoms with E-state index in [9.17, 15) is 18.0 Å². The standard InChI is InChI=1S/C13H12F3N3O4/c1-7(2)21-11(20)17-9-5-3-8(4-6-9)10-18-12(23-19-10)22-13(14,15)16/h3-7H,1-2H3,(H,17,20). The molecule has 0 saturated heterocycles. The van der Waals surface area contributed by atoms with Crippen LogP contribution in [0.2, 0.25) is 0 Å². The lowest BCUT2D eigenvalue weighted by Gasteiger charge is -2.09. The van der Waals surface area contributed by atoms with Crippen LogP contribution in [0.3, 0.4) is 0 Å². The van der Waals surface area contributed by atoms with Crippen LogP contribution in [0.15, 0.2) is 28.8 Å². The van der Waals surface area contributed by atoms with Gasteiger partial charge in [0, 0.05) is 11.3 Å². The Morgan fingerprint density at radius 1 is 1.26 bits per heavy atom. The fraction of sp³-hybridized carbons (Fsp3) is 0.308. The van der Waals surface area contributed by atoms with Crippen LogP contribution in [-0.2, 0) is 4.74 Å². The molecule has 1 heterocycles. The van der Waals surface area contributed by atoms with Crippen molar-refractivity contribution in [3.05, 3.63) is 24.3 Å². The third-order valence-electron chi connectivity index (χ3n) is 2.34. The van der Waals surface area contributed by atoms with E-state index in [2.05, 4.69) is 24.7 Å². The molecule has 0 spiro atoms. The number of anilines is 1. The number of benzene rings is 1. The smallest absolute Gasteiger partial charge is 0.447 e. The summed E-state index contributed by atoms with van der Waals surface area (Å²) in [6, 6.07) is 6.01. The number of carbonyl (C=O) groups is 1. The van der Waals surface area contributed by atoms with Crippen molar-refractivity contribution in [2.45, 2.75) is 26.3 Å². The zero-order valence-corrected chi connectivity index (χ0v) is 12.0. The van der Waals surface area contributed by atoms with Gasteiger partial charge >= 0.3 is 18.5 Å². The normalized spacial score (nSPS) is 11.4. The summed E-state index contributed by atoms with van der Waals surface area (Å²) in [7, 11) is 0. The number of carbonyl (C=O) groups excluding carboxylic acids is 1. The number of nitrogens with zero attached hydrogens (tertiary/aromatic N) is 2. The molecule has 0 saturated carbocycles. The Balaban J connectivity index is 2.03. The van der Waals surface area contributed by atoms with Crippen molar-refractivity contribution in [3.8, 4) is 17.5 Å². The molecule has 2 rings (SSSR count). The minimum atomic E-state index is -4.91. The molecular formula is C13H12F3N3O4. The van der Waals surface area contributed by atoms with Gasteiger partial charge in [-0.2, -0.15) is 4.98 Å². The zero-order chi connectivity index (χ0) is 17.0. The monoisotopic (exact) mass is 331 g/mol. The van der Waals surface area contributed by atoms with E-state index in [1.807, 2.05) is 0 Å². The van der Waals surface area contributed by atoms with Gasteiger partial charge in [0.05, 0.1) is 6.10 Å². The second-order valence-corrected chi connectivity index (χ2v) is 4.59.